The first-order valence-electron chi connectivity index (χ1n) is 5.86. The summed E-state index contributed by atoms with van der Waals surface area (Å²) in [5.74, 6) is 3.06. The molecule has 0 spiro atoms. The van der Waals surface area contributed by atoms with Crippen LogP contribution < -0.4 is 5.32 Å². The number of carbonyl (C=O) groups is 1. The van der Waals surface area contributed by atoms with Crippen LogP contribution in [0.25, 0.3) is 0 Å². The van der Waals surface area contributed by atoms with Crippen molar-refractivity contribution in [2.24, 2.45) is 5.92 Å². The van der Waals surface area contributed by atoms with Crippen molar-refractivity contribution < 1.29 is 9.53 Å². The van der Waals surface area contributed by atoms with Crippen molar-refractivity contribution in [2.45, 2.75) is 58.1 Å². The summed E-state index contributed by atoms with van der Waals surface area (Å²) in [4.78, 5) is 11.5. The number of carbonyl (C=O) groups excluding carboxylic acids is 1. The van der Waals surface area contributed by atoms with Crippen LogP contribution in [0.2, 0.25) is 0 Å². The van der Waals surface area contributed by atoms with E-state index in [-0.39, 0.29) is 12.1 Å². The van der Waals surface area contributed by atoms with Gasteiger partial charge in [0.25, 0.3) is 0 Å². The minimum absolute atomic E-state index is 0.171. The number of nitrogens with one attached hydrogen (secondary N) is 1. The predicted octanol–water partition coefficient (Wildman–Crippen LogP) is 2.70. The quantitative estimate of drug-likeness (QED) is 0.694. The number of rotatable bonds is 1. The molecule has 0 aromatic heterocycles. The highest BCUT2D eigenvalue weighted by Gasteiger charge is 2.24. The normalized spacial score (nSPS) is 25.6. The van der Waals surface area contributed by atoms with Gasteiger partial charge in [-0.2, -0.15) is 0 Å². The minimum atomic E-state index is -0.440. The number of terminal acetylenes is 1. The molecule has 1 fully saturated rings. The van der Waals surface area contributed by atoms with Crippen molar-refractivity contribution in [1.29, 1.82) is 0 Å². The maximum atomic E-state index is 11.5. The van der Waals surface area contributed by atoms with E-state index >= 15 is 0 Å². The maximum absolute atomic E-state index is 11.5. The molecule has 0 unspecified atom stereocenters. The molecule has 3 nitrogen and oxygen atoms in total. The van der Waals surface area contributed by atoms with Gasteiger partial charge < -0.3 is 10.1 Å². The second kappa shape index (κ2) is 5.25. The molecule has 2 atom stereocenters. The molecule has 1 aliphatic rings. The number of alkyl carbamates (subject to hydrolysis) is 1. The van der Waals surface area contributed by atoms with Gasteiger partial charge in [0.05, 0.1) is 0 Å². The number of ether oxygens (including phenoxy) is 1. The van der Waals surface area contributed by atoms with Gasteiger partial charge >= 0.3 is 6.09 Å². The van der Waals surface area contributed by atoms with Gasteiger partial charge in [0.15, 0.2) is 0 Å². The highest BCUT2D eigenvalue weighted by Crippen LogP contribution is 2.23. The smallest absolute Gasteiger partial charge is 0.407 e. The summed E-state index contributed by atoms with van der Waals surface area (Å²) >= 11 is 0. The van der Waals surface area contributed by atoms with Crippen LogP contribution in [0.3, 0.4) is 0 Å². The van der Waals surface area contributed by atoms with Crippen molar-refractivity contribution in [1.82, 2.24) is 5.32 Å². The van der Waals surface area contributed by atoms with Crippen molar-refractivity contribution in [2.75, 3.05) is 0 Å². The Hall–Kier alpha value is -1.17. The molecule has 0 radical (unpaired) electrons. The summed E-state index contributed by atoms with van der Waals surface area (Å²) in [6.07, 6.45) is 9.09. The molecule has 16 heavy (non-hydrogen) atoms. The summed E-state index contributed by atoms with van der Waals surface area (Å²) < 4.78 is 5.21. The Kier molecular flexibility index (Phi) is 4.23. The summed E-state index contributed by atoms with van der Waals surface area (Å²) in [6.45, 7) is 5.58. The zero-order valence-corrected chi connectivity index (χ0v) is 10.4. The van der Waals surface area contributed by atoms with E-state index in [0.29, 0.717) is 5.92 Å². The van der Waals surface area contributed by atoms with Crippen molar-refractivity contribution >= 4 is 6.09 Å². The van der Waals surface area contributed by atoms with E-state index in [0.717, 1.165) is 25.7 Å². The molecule has 0 aliphatic heterocycles. The highest BCUT2D eigenvalue weighted by atomic mass is 16.6. The van der Waals surface area contributed by atoms with Gasteiger partial charge in [0.2, 0.25) is 0 Å². The van der Waals surface area contributed by atoms with Crippen LogP contribution in [0.1, 0.15) is 46.5 Å². The second-order valence-corrected chi connectivity index (χ2v) is 5.37. The van der Waals surface area contributed by atoms with Crippen LogP contribution in [0, 0.1) is 18.3 Å². The van der Waals surface area contributed by atoms with Crippen LogP contribution in [0.15, 0.2) is 0 Å². The molecular weight excluding hydrogens is 202 g/mol. The van der Waals surface area contributed by atoms with E-state index in [2.05, 4.69) is 11.2 Å². The van der Waals surface area contributed by atoms with Gasteiger partial charge in [-0.15, -0.1) is 12.3 Å². The number of amides is 1. The second-order valence-electron chi connectivity index (χ2n) is 5.37. The standard InChI is InChI=1S/C13H21NO2/c1-5-10-7-6-8-11(9-10)14-12(15)16-13(2,3)4/h1,10-11H,6-9H2,2-4H3,(H,14,15)/t10-,11+/m0/s1. The Morgan fingerprint density at radius 2 is 2.12 bits per heavy atom. The Balaban J connectivity index is 2.37. The molecule has 0 heterocycles. The SMILES string of the molecule is C#C[C@H]1CCC[C@@H](NC(=O)OC(C)(C)C)C1. The minimum Gasteiger partial charge on any atom is -0.444 e. The lowest BCUT2D eigenvalue weighted by Gasteiger charge is -2.28. The van der Waals surface area contributed by atoms with Gasteiger partial charge in [-0.05, 0) is 40.0 Å². The fraction of sp³-hybridized carbons (Fsp3) is 0.769. The van der Waals surface area contributed by atoms with Gasteiger partial charge in [0, 0.05) is 12.0 Å². The molecule has 1 rings (SSSR count). The third kappa shape index (κ3) is 4.57. The summed E-state index contributed by atoms with van der Waals surface area (Å²) in [6, 6.07) is 0.171. The van der Waals surface area contributed by atoms with Crippen molar-refractivity contribution in [3.63, 3.8) is 0 Å². The van der Waals surface area contributed by atoms with E-state index in [1.165, 1.54) is 0 Å². The van der Waals surface area contributed by atoms with E-state index in [1.807, 2.05) is 20.8 Å². The molecule has 3 heteroatoms. The van der Waals surface area contributed by atoms with Gasteiger partial charge in [-0.1, -0.05) is 6.42 Å². The van der Waals surface area contributed by atoms with Crippen LogP contribution in [0.4, 0.5) is 4.79 Å². The lowest BCUT2D eigenvalue weighted by atomic mass is 9.86. The first-order valence-corrected chi connectivity index (χ1v) is 5.86. The average Bonchev–Trinajstić information content (AvgIpc) is 2.15. The molecule has 1 aliphatic carbocycles. The van der Waals surface area contributed by atoms with Gasteiger partial charge in [0.1, 0.15) is 5.60 Å². The van der Waals surface area contributed by atoms with Crippen LogP contribution in [-0.4, -0.2) is 17.7 Å². The fourth-order valence-electron chi connectivity index (χ4n) is 1.95. The molecular formula is C13H21NO2. The predicted molar refractivity (Wildman–Crippen MR) is 63.9 cm³/mol. The van der Waals surface area contributed by atoms with Crippen LogP contribution in [-0.2, 0) is 4.74 Å². The molecule has 1 amide bonds. The summed E-state index contributed by atoms with van der Waals surface area (Å²) in [7, 11) is 0. The molecule has 0 aromatic rings. The first kappa shape index (κ1) is 12.9. The molecule has 90 valence electrons. The van der Waals surface area contributed by atoms with Crippen LogP contribution >= 0.6 is 0 Å². The highest BCUT2D eigenvalue weighted by molar-refractivity contribution is 5.68. The maximum Gasteiger partial charge on any atom is 0.407 e. The Labute approximate surface area is 97.9 Å². The Bertz CT molecular complexity index is 285. The molecule has 1 saturated carbocycles. The first-order chi connectivity index (χ1) is 7.40. The topological polar surface area (TPSA) is 38.3 Å². The third-order valence-corrected chi connectivity index (χ3v) is 2.63. The van der Waals surface area contributed by atoms with Crippen molar-refractivity contribution in [3.05, 3.63) is 0 Å². The van der Waals surface area contributed by atoms with E-state index in [4.69, 9.17) is 11.2 Å². The fourth-order valence-corrected chi connectivity index (χ4v) is 1.95. The molecule has 1 N–H and O–H groups in total. The van der Waals surface area contributed by atoms with E-state index < -0.39 is 5.60 Å². The van der Waals surface area contributed by atoms with Gasteiger partial charge in [-0.25, -0.2) is 4.79 Å². The largest absolute Gasteiger partial charge is 0.444 e. The monoisotopic (exact) mass is 223 g/mol. The summed E-state index contributed by atoms with van der Waals surface area (Å²) in [5.41, 5.74) is -0.440. The molecule has 0 bridgehead atoms. The van der Waals surface area contributed by atoms with E-state index in [1.54, 1.807) is 0 Å². The van der Waals surface area contributed by atoms with E-state index in [9.17, 15) is 4.79 Å². The molecule has 0 saturated heterocycles. The Morgan fingerprint density at radius 1 is 1.44 bits per heavy atom. The zero-order chi connectivity index (χ0) is 12.2. The van der Waals surface area contributed by atoms with Crippen molar-refractivity contribution in [3.8, 4) is 12.3 Å². The average molecular weight is 223 g/mol. The van der Waals surface area contributed by atoms with Gasteiger partial charge in [-0.3, -0.25) is 0 Å². The number of hydrogen-bond acceptors (Lipinski definition) is 2. The lowest BCUT2D eigenvalue weighted by molar-refractivity contribution is 0.0489. The Morgan fingerprint density at radius 3 is 2.69 bits per heavy atom. The lowest BCUT2D eigenvalue weighted by Crippen LogP contribution is -2.41. The zero-order valence-electron chi connectivity index (χ0n) is 10.4. The summed E-state index contributed by atoms with van der Waals surface area (Å²) in [5, 5.41) is 2.88. The third-order valence-electron chi connectivity index (χ3n) is 2.63. The van der Waals surface area contributed by atoms with Crippen LogP contribution in [0.5, 0.6) is 0 Å². The molecule has 0 aromatic carbocycles. The number of hydrogen-bond donors (Lipinski definition) is 1.